The quantitative estimate of drug-likeness (QED) is 0.575. The molecule has 0 amide bonds. The summed E-state index contributed by atoms with van der Waals surface area (Å²) < 4.78 is 0. The molecule has 0 aromatic carbocycles. The van der Waals surface area contributed by atoms with Gasteiger partial charge in [0.1, 0.15) is 8.24 Å². The Kier molecular flexibility index (Phi) is 8.76. The minimum absolute atomic E-state index is 0.417. The molecule has 3 heteroatoms. The van der Waals surface area contributed by atoms with Crippen molar-refractivity contribution in [1.82, 2.24) is 4.98 Å². The van der Waals surface area contributed by atoms with Crippen molar-refractivity contribution < 1.29 is 0 Å². The van der Waals surface area contributed by atoms with Gasteiger partial charge in [0.25, 0.3) is 0 Å². The third kappa shape index (κ3) is 29.8. The second kappa shape index (κ2) is 6.51. The van der Waals surface area contributed by atoms with Gasteiger partial charge in [0.15, 0.2) is 0 Å². The molecule has 0 saturated carbocycles. The lowest BCUT2D eigenvalue weighted by atomic mass is 11.6. The van der Waals surface area contributed by atoms with Gasteiger partial charge in [-0.2, -0.15) is 0 Å². The molecule has 0 bridgehead atoms. The number of rotatable bonds is 1. The maximum atomic E-state index is 3.24. The lowest BCUT2D eigenvalue weighted by Gasteiger charge is -2.11. The van der Waals surface area contributed by atoms with E-state index in [9.17, 15) is 0 Å². The molecule has 0 aliphatic carbocycles. The molecule has 0 aromatic heterocycles. The van der Waals surface area contributed by atoms with E-state index in [4.69, 9.17) is 0 Å². The number of hydrogen-bond acceptors (Lipinski definition) is 1. The molecule has 1 nitrogen and oxygen atoms in total. The molecule has 9 heavy (non-hydrogen) atoms. The Balaban J connectivity index is 0. The summed E-state index contributed by atoms with van der Waals surface area (Å²) in [7, 11) is 1.56. The first-order chi connectivity index (χ1) is 3.97. The van der Waals surface area contributed by atoms with E-state index < -0.39 is 8.24 Å². The zero-order valence-corrected chi connectivity index (χ0v) is 10.1. The smallest absolute Gasteiger partial charge is 0.116 e. The Labute approximate surface area is 63.2 Å². The van der Waals surface area contributed by atoms with E-state index in [-0.39, 0.29) is 0 Å². The molecular weight excluding hydrogens is 142 g/mol. The first-order valence-corrected chi connectivity index (χ1v) is 9.99. The zero-order chi connectivity index (χ0) is 7.91. The Bertz CT molecular complexity index is 49.5. The molecular formula is C6H21NSi2. The molecule has 58 valence electrons. The largest absolute Gasteiger partial charge is 0.340 e. The first-order valence-electron chi connectivity index (χ1n) is 3.66. The van der Waals surface area contributed by atoms with E-state index in [0.717, 1.165) is 0 Å². The molecule has 0 spiro atoms. The molecule has 0 aromatic rings. The molecule has 1 N–H and O–H groups in total. The van der Waals surface area contributed by atoms with Crippen LogP contribution < -0.4 is 4.98 Å². The maximum Gasteiger partial charge on any atom is 0.116 e. The zero-order valence-electron chi connectivity index (χ0n) is 7.71. The number of nitrogens with one attached hydrogen (secondary N) is 1. The van der Waals surface area contributed by atoms with Gasteiger partial charge < -0.3 is 4.98 Å². The minimum atomic E-state index is -0.881. The molecule has 0 radical (unpaired) electrons. The lowest BCUT2D eigenvalue weighted by Crippen LogP contribution is -2.37. The highest BCUT2D eigenvalue weighted by Gasteiger charge is 2.06. The Morgan fingerprint density at radius 1 is 1.11 bits per heavy atom. The van der Waals surface area contributed by atoms with E-state index in [1.54, 1.807) is 0 Å². The molecule has 0 aliphatic rings. The van der Waals surface area contributed by atoms with Gasteiger partial charge in [-0.25, -0.2) is 0 Å². The predicted octanol–water partition coefficient (Wildman–Crippen LogP) is 1.29. The van der Waals surface area contributed by atoms with Crippen molar-refractivity contribution in [3.63, 3.8) is 0 Å². The molecule has 0 saturated heterocycles. The third-order valence-electron chi connectivity index (χ3n) is 0.750. The van der Waals surface area contributed by atoms with Gasteiger partial charge in [0.05, 0.1) is 0 Å². The topological polar surface area (TPSA) is 12.0 Å². The normalized spacial score (nSPS) is 10.0. The molecule has 0 atom stereocenters. The van der Waals surface area contributed by atoms with Crippen LogP contribution in [0.25, 0.3) is 0 Å². The van der Waals surface area contributed by atoms with Crippen LogP contribution in [-0.2, 0) is 0 Å². The standard InChI is InChI=1S/C4H13NSi.C2H8Si/c1-5-6(2,3)4;1-3-2/h5H,1-4H3;3H2,1-2H3. The van der Waals surface area contributed by atoms with Crippen LogP contribution in [0.3, 0.4) is 0 Å². The van der Waals surface area contributed by atoms with Crippen LogP contribution >= 0.6 is 0 Å². The van der Waals surface area contributed by atoms with Gasteiger partial charge in [-0.1, -0.05) is 32.7 Å². The van der Waals surface area contributed by atoms with Crippen LogP contribution in [0, 0.1) is 0 Å². The van der Waals surface area contributed by atoms with Crippen molar-refractivity contribution >= 4 is 17.8 Å². The fourth-order valence-corrected chi connectivity index (χ4v) is 0. The summed E-state index contributed by atoms with van der Waals surface area (Å²) in [5.41, 5.74) is 0. The summed E-state index contributed by atoms with van der Waals surface area (Å²) in [4.78, 5) is 3.24. The Hall–Kier alpha value is 0.394. The first kappa shape index (κ1) is 12.1. The van der Waals surface area contributed by atoms with Gasteiger partial charge in [-0.05, 0) is 7.05 Å². The van der Waals surface area contributed by atoms with Crippen molar-refractivity contribution in [3.8, 4) is 0 Å². The van der Waals surface area contributed by atoms with Crippen LogP contribution in [0.5, 0.6) is 0 Å². The summed E-state index contributed by atoms with van der Waals surface area (Å²) in [6, 6.07) is 0. The highest BCUT2D eigenvalue weighted by atomic mass is 28.3. The summed E-state index contributed by atoms with van der Waals surface area (Å²) >= 11 is 0. The van der Waals surface area contributed by atoms with Gasteiger partial charge in [0, 0.05) is 9.52 Å². The Morgan fingerprint density at radius 3 is 1.22 bits per heavy atom. The van der Waals surface area contributed by atoms with Gasteiger partial charge in [0.2, 0.25) is 0 Å². The second-order valence-electron chi connectivity index (χ2n) is 3.21. The second-order valence-corrected chi connectivity index (χ2v) is 9.62. The molecule has 0 unspecified atom stereocenters. The molecule has 0 rings (SSSR count). The van der Waals surface area contributed by atoms with E-state index in [1.807, 2.05) is 7.05 Å². The average molecular weight is 163 g/mol. The van der Waals surface area contributed by atoms with E-state index in [2.05, 4.69) is 37.7 Å². The van der Waals surface area contributed by atoms with Crippen molar-refractivity contribution in [2.75, 3.05) is 7.05 Å². The predicted molar refractivity (Wildman–Crippen MR) is 52.7 cm³/mol. The molecule has 0 aliphatic heterocycles. The van der Waals surface area contributed by atoms with Crippen LogP contribution in [0.15, 0.2) is 0 Å². The summed E-state index contributed by atoms with van der Waals surface area (Å²) in [6.07, 6.45) is 0. The molecule has 0 heterocycles. The SMILES string of the molecule is CN[Si](C)(C)C.C[SiH2]C. The number of hydrogen-bond donors (Lipinski definition) is 1. The summed E-state index contributed by atoms with van der Waals surface area (Å²) in [6.45, 7) is 11.3. The minimum Gasteiger partial charge on any atom is -0.340 e. The fourth-order valence-electron chi connectivity index (χ4n) is 0. The van der Waals surface area contributed by atoms with E-state index in [1.165, 1.54) is 0 Å². The highest BCUT2D eigenvalue weighted by Crippen LogP contribution is 1.89. The van der Waals surface area contributed by atoms with Gasteiger partial charge >= 0.3 is 0 Å². The monoisotopic (exact) mass is 163 g/mol. The highest BCUT2D eigenvalue weighted by molar-refractivity contribution is 6.73. The summed E-state index contributed by atoms with van der Waals surface area (Å²) in [5.74, 6) is 0. The van der Waals surface area contributed by atoms with Crippen molar-refractivity contribution in [2.45, 2.75) is 32.7 Å². The van der Waals surface area contributed by atoms with Crippen molar-refractivity contribution in [2.24, 2.45) is 0 Å². The fraction of sp³-hybridized carbons (Fsp3) is 1.00. The van der Waals surface area contributed by atoms with Crippen LogP contribution in [0.4, 0.5) is 0 Å². The van der Waals surface area contributed by atoms with E-state index >= 15 is 0 Å². The van der Waals surface area contributed by atoms with Crippen LogP contribution in [-0.4, -0.2) is 24.8 Å². The molecule has 0 fully saturated rings. The van der Waals surface area contributed by atoms with Crippen LogP contribution in [0.1, 0.15) is 0 Å². The Morgan fingerprint density at radius 2 is 1.22 bits per heavy atom. The maximum absolute atomic E-state index is 3.24. The van der Waals surface area contributed by atoms with Gasteiger partial charge in [-0.3, -0.25) is 0 Å². The van der Waals surface area contributed by atoms with E-state index in [0.29, 0.717) is 9.52 Å². The van der Waals surface area contributed by atoms with Crippen molar-refractivity contribution in [1.29, 1.82) is 0 Å². The van der Waals surface area contributed by atoms with Crippen molar-refractivity contribution in [3.05, 3.63) is 0 Å². The van der Waals surface area contributed by atoms with Crippen LogP contribution in [0.2, 0.25) is 32.7 Å². The lowest BCUT2D eigenvalue weighted by molar-refractivity contribution is 1.16. The van der Waals surface area contributed by atoms with Gasteiger partial charge in [-0.15, -0.1) is 0 Å². The third-order valence-corrected chi connectivity index (χ3v) is 2.25. The summed E-state index contributed by atoms with van der Waals surface area (Å²) in [5, 5.41) is 0. The average Bonchev–Trinajstić information content (AvgIpc) is 1.67.